The van der Waals surface area contributed by atoms with Crippen LogP contribution < -0.4 is 4.74 Å². The van der Waals surface area contributed by atoms with Crippen molar-refractivity contribution >= 4 is 40.8 Å². The maximum absolute atomic E-state index is 12.8. The van der Waals surface area contributed by atoms with Gasteiger partial charge in [-0.05, 0) is 43.3 Å². The molecule has 2 aromatic rings. The van der Waals surface area contributed by atoms with Crippen molar-refractivity contribution in [2.45, 2.75) is 19.1 Å². The van der Waals surface area contributed by atoms with Crippen LogP contribution in [0.5, 0.6) is 5.75 Å². The zero-order valence-electron chi connectivity index (χ0n) is 20.0. The molecule has 9 nitrogen and oxygen atoms in total. The number of guanidine groups is 1. The summed E-state index contributed by atoms with van der Waals surface area (Å²) in [6, 6.07) is 14.1. The van der Waals surface area contributed by atoms with E-state index >= 15 is 0 Å². The second-order valence-electron chi connectivity index (χ2n) is 8.31. The van der Waals surface area contributed by atoms with Gasteiger partial charge >= 0.3 is 0 Å². The fourth-order valence-electron chi connectivity index (χ4n) is 4.23. The quantitative estimate of drug-likeness (QED) is 0.310. The first kappa shape index (κ1) is 25.8. The third-order valence-corrected chi connectivity index (χ3v) is 6.47. The lowest BCUT2D eigenvalue weighted by atomic mass is 10.0. The first-order chi connectivity index (χ1) is 17.4. The van der Waals surface area contributed by atoms with Gasteiger partial charge in [0.15, 0.2) is 0 Å². The van der Waals surface area contributed by atoms with Crippen LogP contribution in [0.15, 0.2) is 58.6 Å². The number of hydrogen-bond acceptors (Lipinski definition) is 6. The molecule has 11 heteroatoms. The fourth-order valence-corrected chi connectivity index (χ4v) is 4.48. The van der Waals surface area contributed by atoms with Gasteiger partial charge in [0.05, 0.1) is 31.4 Å². The molecular formula is C25H26Cl2N6O3. The Kier molecular flexibility index (Phi) is 8.31. The van der Waals surface area contributed by atoms with Crippen LogP contribution in [0.2, 0.25) is 10.0 Å². The number of ether oxygens (including phenoxy) is 2. The molecule has 2 aliphatic heterocycles. The molecule has 1 atom stereocenters. The Hall–Kier alpha value is -3.32. The van der Waals surface area contributed by atoms with Crippen molar-refractivity contribution in [1.29, 1.82) is 5.26 Å². The van der Waals surface area contributed by atoms with Gasteiger partial charge in [-0.1, -0.05) is 35.3 Å². The molecule has 2 aliphatic rings. The molecule has 1 unspecified atom stereocenters. The average molecular weight is 529 g/mol. The Bertz CT molecular complexity index is 1170. The average Bonchev–Trinajstić information content (AvgIpc) is 3.27. The van der Waals surface area contributed by atoms with Crippen LogP contribution in [0, 0.1) is 11.5 Å². The second-order valence-corrected chi connectivity index (χ2v) is 9.19. The number of amides is 1. The molecule has 0 aliphatic carbocycles. The highest BCUT2D eigenvalue weighted by Crippen LogP contribution is 2.25. The number of methoxy groups -OCH3 is 1. The van der Waals surface area contributed by atoms with Crippen molar-refractivity contribution in [3.63, 3.8) is 0 Å². The van der Waals surface area contributed by atoms with Crippen LogP contribution in [0.1, 0.15) is 12.5 Å². The van der Waals surface area contributed by atoms with E-state index in [0.29, 0.717) is 47.9 Å². The molecular weight excluding hydrogens is 503 g/mol. The highest BCUT2D eigenvalue weighted by Gasteiger charge is 2.40. The fraction of sp³-hybridized carbons (Fsp3) is 0.360. The summed E-state index contributed by atoms with van der Waals surface area (Å²) in [7, 11) is 1.49. The van der Waals surface area contributed by atoms with Crippen LogP contribution in [0.4, 0.5) is 0 Å². The number of halogens is 2. The molecule has 1 saturated heterocycles. The zero-order chi connectivity index (χ0) is 25.7. The van der Waals surface area contributed by atoms with Crippen LogP contribution in [0.25, 0.3) is 0 Å². The molecule has 4 rings (SSSR count). The van der Waals surface area contributed by atoms with Gasteiger partial charge < -0.3 is 19.3 Å². The summed E-state index contributed by atoms with van der Waals surface area (Å²) in [6.07, 6.45) is 1.82. The lowest BCUT2D eigenvalue weighted by Gasteiger charge is -2.42. The van der Waals surface area contributed by atoms with Crippen LogP contribution >= 0.6 is 23.2 Å². The Morgan fingerprint density at radius 3 is 2.36 bits per heavy atom. The minimum absolute atomic E-state index is 0.0345. The van der Waals surface area contributed by atoms with Crippen molar-refractivity contribution < 1.29 is 14.3 Å². The Labute approximate surface area is 220 Å². The monoisotopic (exact) mass is 528 g/mol. The molecule has 2 aromatic carbocycles. The maximum atomic E-state index is 12.8. The summed E-state index contributed by atoms with van der Waals surface area (Å²) in [6.45, 7) is 3.77. The number of likely N-dealkylation sites (tertiary alicyclic amines) is 1. The number of carbonyl (C=O) groups excluding carboxylic acids is 1. The lowest BCUT2D eigenvalue weighted by molar-refractivity contribution is -0.136. The minimum Gasteiger partial charge on any atom is -0.487 e. The molecule has 2 heterocycles. The molecule has 0 radical (unpaired) electrons. The maximum Gasteiger partial charge on any atom is 0.249 e. The third-order valence-electron chi connectivity index (χ3n) is 5.96. The number of likely N-dealkylation sites (N-methyl/N-ethyl adjacent to an activating group) is 1. The predicted molar refractivity (Wildman–Crippen MR) is 138 cm³/mol. The Morgan fingerprint density at radius 1 is 1.14 bits per heavy atom. The van der Waals surface area contributed by atoms with Crippen LogP contribution in [-0.4, -0.2) is 84.4 Å². The summed E-state index contributed by atoms with van der Waals surface area (Å²) >= 11 is 12.0. The Balaban J connectivity index is 1.55. The van der Waals surface area contributed by atoms with Gasteiger partial charge in [-0.15, -0.1) is 4.99 Å². The van der Waals surface area contributed by atoms with E-state index in [4.69, 9.17) is 37.8 Å². The van der Waals surface area contributed by atoms with Gasteiger partial charge in [-0.25, -0.2) is 5.01 Å². The minimum atomic E-state index is -0.356. The number of aliphatic imine (C=N–C) groups is 1. The number of hydrazone groups is 1. The highest BCUT2D eigenvalue weighted by molar-refractivity contribution is 6.31. The topological polar surface area (TPSA) is 93.8 Å². The van der Waals surface area contributed by atoms with Crippen molar-refractivity contribution in [3.8, 4) is 11.9 Å². The summed E-state index contributed by atoms with van der Waals surface area (Å²) in [5.74, 6) is 0.993. The smallest absolute Gasteiger partial charge is 0.249 e. The number of nitrogens with zero attached hydrogens (tertiary/aromatic N) is 6. The number of carbonyl (C=O) groups is 1. The second kappa shape index (κ2) is 11.6. The van der Waals surface area contributed by atoms with Gasteiger partial charge in [0, 0.05) is 29.3 Å². The van der Waals surface area contributed by atoms with E-state index in [9.17, 15) is 10.1 Å². The summed E-state index contributed by atoms with van der Waals surface area (Å²) in [5, 5.41) is 17.1. The summed E-state index contributed by atoms with van der Waals surface area (Å²) in [5.41, 5.74) is 1.53. The molecule has 0 N–H and O–H groups in total. The van der Waals surface area contributed by atoms with Crippen molar-refractivity contribution in [1.82, 2.24) is 14.8 Å². The van der Waals surface area contributed by atoms with Crippen LogP contribution in [0.3, 0.4) is 0 Å². The van der Waals surface area contributed by atoms with E-state index in [1.54, 1.807) is 34.2 Å². The van der Waals surface area contributed by atoms with Crippen molar-refractivity contribution in [2.24, 2.45) is 10.1 Å². The SMILES string of the molecule is CCN(C(=O)COC)C1CN(C(=NC#N)N2CC(Oc3ccc(Cl)cc3)C2)N=C1c1ccc(Cl)cc1. The van der Waals surface area contributed by atoms with E-state index in [0.717, 1.165) is 11.3 Å². The van der Waals surface area contributed by atoms with Gasteiger partial charge in [0.1, 0.15) is 18.5 Å². The van der Waals surface area contributed by atoms with E-state index in [2.05, 4.69) is 4.99 Å². The van der Waals surface area contributed by atoms with E-state index < -0.39 is 0 Å². The molecule has 0 bridgehead atoms. The number of hydrogen-bond donors (Lipinski definition) is 0. The first-order valence-corrected chi connectivity index (χ1v) is 12.2. The van der Waals surface area contributed by atoms with Crippen LogP contribution in [-0.2, 0) is 9.53 Å². The van der Waals surface area contributed by atoms with Crippen molar-refractivity contribution in [2.75, 3.05) is 39.9 Å². The number of nitriles is 1. The van der Waals surface area contributed by atoms with E-state index in [1.807, 2.05) is 42.3 Å². The van der Waals surface area contributed by atoms with Gasteiger partial charge in [0.25, 0.3) is 0 Å². The molecule has 0 spiro atoms. The number of benzene rings is 2. The highest BCUT2D eigenvalue weighted by atomic mass is 35.5. The van der Waals surface area contributed by atoms with Gasteiger partial charge in [-0.3, -0.25) is 4.79 Å². The summed E-state index contributed by atoms with van der Waals surface area (Å²) < 4.78 is 11.1. The van der Waals surface area contributed by atoms with E-state index in [1.165, 1.54) is 7.11 Å². The molecule has 188 valence electrons. The molecule has 1 amide bonds. The summed E-state index contributed by atoms with van der Waals surface area (Å²) in [4.78, 5) is 20.5. The first-order valence-electron chi connectivity index (χ1n) is 11.5. The molecule has 1 fully saturated rings. The van der Waals surface area contributed by atoms with E-state index in [-0.39, 0.29) is 24.7 Å². The molecule has 0 aromatic heterocycles. The molecule has 36 heavy (non-hydrogen) atoms. The normalized spacial score (nSPS) is 17.9. The third kappa shape index (κ3) is 5.73. The Morgan fingerprint density at radius 2 is 1.78 bits per heavy atom. The van der Waals surface area contributed by atoms with Gasteiger partial charge in [-0.2, -0.15) is 10.4 Å². The zero-order valence-corrected chi connectivity index (χ0v) is 21.5. The lowest BCUT2D eigenvalue weighted by Crippen LogP contribution is -2.59. The van der Waals surface area contributed by atoms with Crippen molar-refractivity contribution in [3.05, 3.63) is 64.1 Å². The number of rotatable bonds is 7. The largest absolute Gasteiger partial charge is 0.487 e. The predicted octanol–water partition coefficient (Wildman–Crippen LogP) is 3.48. The van der Waals surface area contributed by atoms with Gasteiger partial charge in [0.2, 0.25) is 18.1 Å². The standard InChI is InChI=1S/C25H26Cl2N6O3/c1-3-32(23(34)15-35-2)22-14-33(30-24(22)17-4-6-18(26)7-5-17)25(29-16-28)31-12-21(13-31)36-20-10-8-19(27)9-11-20/h4-11,21-22H,3,12-15H2,1-2H3. The molecule has 0 saturated carbocycles.